The van der Waals surface area contributed by atoms with Gasteiger partial charge in [0.2, 0.25) is 0 Å². The van der Waals surface area contributed by atoms with Crippen LogP contribution in [0.4, 0.5) is 8.78 Å². The standard InChI is InChI=1S/C32H38ClF2NO4/c1-5-6-27-20-28(40-32(34)35)15-14-24(27)12-13-26(22(4)7-16-29(33)21(2)3)19-23-8-10-25(11-9-23)31(39)36-18-17-30(37)38/h5-16,20-21,26,31-32,36,39H,17-19H2,1-4H3,(H,37,38)/b6-5-,13-12+,22-7+,29-16+. The molecule has 2 aromatic carbocycles. The summed E-state index contributed by atoms with van der Waals surface area (Å²) in [6.45, 7) is 5.21. The maximum atomic E-state index is 12.7. The predicted molar refractivity (Wildman–Crippen MR) is 158 cm³/mol. The Bertz CT molecular complexity index is 1220. The van der Waals surface area contributed by atoms with Gasteiger partial charge in [-0.3, -0.25) is 10.1 Å². The number of nitrogens with one attached hydrogen (secondary N) is 1. The summed E-state index contributed by atoms with van der Waals surface area (Å²) in [6.07, 6.45) is 11.3. The van der Waals surface area contributed by atoms with Gasteiger partial charge in [-0.25, -0.2) is 0 Å². The number of halogens is 3. The van der Waals surface area contributed by atoms with Crippen LogP contribution in [-0.4, -0.2) is 29.3 Å². The highest BCUT2D eigenvalue weighted by atomic mass is 35.5. The van der Waals surface area contributed by atoms with Gasteiger partial charge in [0, 0.05) is 17.5 Å². The van der Waals surface area contributed by atoms with Crippen molar-refractivity contribution in [2.75, 3.05) is 6.54 Å². The average molecular weight is 574 g/mol. The van der Waals surface area contributed by atoms with Crippen molar-refractivity contribution >= 4 is 29.7 Å². The van der Waals surface area contributed by atoms with Crippen LogP contribution >= 0.6 is 11.6 Å². The van der Waals surface area contributed by atoms with Crippen LogP contribution in [-0.2, 0) is 11.2 Å². The molecule has 8 heteroatoms. The lowest BCUT2D eigenvalue weighted by Gasteiger charge is -2.16. The van der Waals surface area contributed by atoms with Crippen molar-refractivity contribution in [1.29, 1.82) is 0 Å². The second-order valence-corrected chi connectivity index (χ2v) is 10.1. The predicted octanol–water partition coefficient (Wildman–Crippen LogP) is 7.97. The number of carbonyl (C=O) groups is 1. The van der Waals surface area contributed by atoms with E-state index in [0.717, 1.165) is 27.3 Å². The third kappa shape index (κ3) is 11.5. The highest BCUT2D eigenvalue weighted by Gasteiger charge is 2.12. The number of benzene rings is 2. The van der Waals surface area contributed by atoms with Gasteiger partial charge in [-0.05, 0) is 66.6 Å². The fraction of sp³-hybridized carbons (Fsp3) is 0.344. The summed E-state index contributed by atoms with van der Waals surface area (Å²) >= 11 is 6.37. The van der Waals surface area contributed by atoms with E-state index in [1.54, 1.807) is 12.1 Å². The molecule has 0 saturated heterocycles. The second kappa shape index (κ2) is 16.8. The zero-order valence-corrected chi connectivity index (χ0v) is 24.0. The second-order valence-electron chi connectivity index (χ2n) is 9.70. The molecule has 0 saturated carbocycles. The first-order valence-electron chi connectivity index (χ1n) is 13.2. The number of carboxylic acids is 1. The van der Waals surface area contributed by atoms with Crippen molar-refractivity contribution in [2.45, 2.75) is 53.4 Å². The molecule has 0 aliphatic carbocycles. The lowest BCUT2D eigenvalue weighted by atomic mass is 9.90. The highest BCUT2D eigenvalue weighted by Crippen LogP contribution is 2.26. The minimum absolute atomic E-state index is 0.00668. The number of aliphatic hydroxyl groups excluding tert-OH is 1. The SMILES string of the molecule is C/C=C\c1cc(OC(F)F)ccc1/C=C/C(Cc1ccc(C(O)NCCC(=O)O)cc1)/C(C)=C/C=C(/Cl)C(C)C. The Kier molecular flexibility index (Phi) is 13.8. The van der Waals surface area contributed by atoms with E-state index in [1.165, 1.54) is 6.07 Å². The first-order chi connectivity index (χ1) is 19.0. The van der Waals surface area contributed by atoms with Gasteiger partial charge >= 0.3 is 12.6 Å². The molecule has 0 aliphatic heterocycles. The first kappa shape index (κ1) is 32.9. The topological polar surface area (TPSA) is 78.8 Å². The van der Waals surface area contributed by atoms with Gasteiger partial charge in [-0.15, -0.1) is 0 Å². The van der Waals surface area contributed by atoms with Gasteiger partial charge in [0.05, 0.1) is 6.42 Å². The van der Waals surface area contributed by atoms with Gasteiger partial charge in [0.15, 0.2) is 0 Å². The molecule has 0 heterocycles. The Labute approximate surface area is 240 Å². The normalized spacial score (nSPS) is 14.4. The Morgan fingerprint density at radius 1 is 1.07 bits per heavy atom. The molecule has 2 atom stereocenters. The quantitative estimate of drug-likeness (QED) is 0.149. The van der Waals surface area contributed by atoms with Crippen LogP contribution in [0.2, 0.25) is 0 Å². The van der Waals surface area contributed by atoms with Crippen LogP contribution in [0, 0.1) is 11.8 Å². The number of aliphatic hydroxyl groups is 1. The van der Waals surface area contributed by atoms with E-state index < -0.39 is 18.8 Å². The Balaban J connectivity index is 2.33. The number of alkyl halides is 2. The molecular weight excluding hydrogens is 536 g/mol. The lowest BCUT2D eigenvalue weighted by Crippen LogP contribution is -2.23. The molecule has 2 rings (SSSR count). The Hall–Kier alpha value is -3.26. The molecule has 40 heavy (non-hydrogen) atoms. The first-order valence-corrected chi connectivity index (χ1v) is 13.5. The van der Waals surface area contributed by atoms with Crippen LogP contribution in [0.1, 0.15) is 62.6 Å². The van der Waals surface area contributed by atoms with E-state index >= 15 is 0 Å². The zero-order chi connectivity index (χ0) is 29.7. The summed E-state index contributed by atoms with van der Waals surface area (Å²) < 4.78 is 30.0. The van der Waals surface area contributed by atoms with Crippen molar-refractivity contribution in [3.63, 3.8) is 0 Å². The summed E-state index contributed by atoms with van der Waals surface area (Å²) in [6, 6.07) is 12.4. The van der Waals surface area contributed by atoms with E-state index in [-0.39, 0.29) is 30.6 Å². The molecule has 5 nitrogen and oxygen atoms in total. The largest absolute Gasteiger partial charge is 0.481 e. The van der Waals surface area contributed by atoms with E-state index in [1.807, 2.05) is 82.3 Å². The molecule has 216 valence electrons. The fourth-order valence-electron chi connectivity index (χ4n) is 3.86. The van der Waals surface area contributed by atoms with E-state index in [4.69, 9.17) is 16.7 Å². The molecule has 0 spiro atoms. The summed E-state index contributed by atoms with van der Waals surface area (Å²) in [5, 5.41) is 22.6. The summed E-state index contributed by atoms with van der Waals surface area (Å²) in [5.74, 6) is -0.633. The van der Waals surface area contributed by atoms with Crippen LogP contribution < -0.4 is 10.1 Å². The molecule has 2 aromatic rings. The highest BCUT2D eigenvalue weighted by molar-refractivity contribution is 6.29. The maximum Gasteiger partial charge on any atom is 0.387 e. The van der Waals surface area contributed by atoms with E-state index in [9.17, 15) is 18.7 Å². The van der Waals surface area contributed by atoms with Gasteiger partial charge in [0.1, 0.15) is 12.0 Å². The fourth-order valence-corrected chi connectivity index (χ4v) is 3.92. The number of hydrogen-bond acceptors (Lipinski definition) is 4. The Morgan fingerprint density at radius 2 is 1.77 bits per heavy atom. The lowest BCUT2D eigenvalue weighted by molar-refractivity contribution is -0.137. The molecule has 2 unspecified atom stereocenters. The molecule has 0 aromatic heterocycles. The minimum atomic E-state index is -2.89. The number of ether oxygens (including phenoxy) is 1. The summed E-state index contributed by atoms with van der Waals surface area (Å²) in [4.78, 5) is 10.7. The molecule has 0 radical (unpaired) electrons. The van der Waals surface area contributed by atoms with Gasteiger partial charge in [0.25, 0.3) is 0 Å². The summed E-state index contributed by atoms with van der Waals surface area (Å²) in [5.41, 5.74) is 4.38. The van der Waals surface area contributed by atoms with Gasteiger partial charge in [-0.1, -0.05) is 91.7 Å². The third-order valence-electron chi connectivity index (χ3n) is 6.21. The van der Waals surface area contributed by atoms with Crippen molar-refractivity contribution < 1.29 is 28.5 Å². The van der Waals surface area contributed by atoms with Gasteiger partial charge < -0.3 is 14.9 Å². The number of carboxylic acid groups (broad SMARTS) is 1. The number of hydrogen-bond donors (Lipinski definition) is 3. The molecular formula is C32H38ClF2NO4. The zero-order valence-electron chi connectivity index (χ0n) is 23.3. The minimum Gasteiger partial charge on any atom is -0.481 e. The van der Waals surface area contributed by atoms with Crippen LogP contribution in [0.25, 0.3) is 12.2 Å². The Morgan fingerprint density at radius 3 is 2.38 bits per heavy atom. The molecule has 3 N–H and O–H groups in total. The number of rotatable bonds is 15. The van der Waals surface area contributed by atoms with Crippen LogP contribution in [0.5, 0.6) is 5.75 Å². The smallest absolute Gasteiger partial charge is 0.387 e. The van der Waals surface area contributed by atoms with Crippen molar-refractivity contribution in [2.24, 2.45) is 11.8 Å². The molecule has 0 aliphatic rings. The number of aliphatic carboxylic acids is 1. The van der Waals surface area contributed by atoms with Crippen LogP contribution in [0.3, 0.4) is 0 Å². The van der Waals surface area contributed by atoms with Crippen molar-refractivity contribution in [3.8, 4) is 5.75 Å². The molecule has 0 amide bonds. The maximum absolute atomic E-state index is 12.7. The van der Waals surface area contributed by atoms with Gasteiger partial charge in [-0.2, -0.15) is 8.78 Å². The third-order valence-corrected chi connectivity index (χ3v) is 6.77. The monoisotopic (exact) mass is 573 g/mol. The molecule has 0 fully saturated rings. The number of allylic oxidation sites excluding steroid dienone is 6. The van der Waals surface area contributed by atoms with E-state index in [2.05, 4.69) is 16.1 Å². The van der Waals surface area contributed by atoms with Crippen molar-refractivity contribution in [3.05, 3.63) is 99.6 Å². The average Bonchev–Trinajstić information content (AvgIpc) is 2.90. The van der Waals surface area contributed by atoms with Crippen molar-refractivity contribution in [1.82, 2.24) is 5.32 Å². The summed E-state index contributed by atoms with van der Waals surface area (Å²) in [7, 11) is 0. The van der Waals surface area contributed by atoms with Crippen LogP contribution in [0.15, 0.2) is 77.4 Å². The van der Waals surface area contributed by atoms with E-state index in [0.29, 0.717) is 12.0 Å². The molecule has 0 bridgehead atoms.